The first-order chi connectivity index (χ1) is 21.3. The lowest BCUT2D eigenvalue weighted by Gasteiger charge is -2.27. The summed E-state index contributed by atoms with van der Waals surface area (Å²) < 4.78 is 49.7. The number of aliphatic hydroxyl groups is 2. The van der Waals surface area contributed by atoms with Crippen LogP contribution in [-0.4, -0.2) is 104 Å². The van der Waals surface area contributed by atoms with Crippen LogP contribution < -0.4 is 11.3 Å². The van der Waals surface area contributed by atoms with E-state index >= 15 is 0 Å². The summed E-state index contributed by atoms with van der Waals surface area (Å²) in [4.78, 5) is 53.3. The van der Waals surface area contributed by atoms with Crippen LogP contribution in [0.2, 0.25) is 0 Å². The van der Waals surface area contributed by atoms with Crippen LogP contribution in [0, 0.1) is 6.92 Å². The Balaban J connectivity index is 1.23. The van der Waals surface area contributed by atoms with E-state index < -0.39 is 82.4 Å². The molecule has 7 rings (SSSR count). The third kappa shape index (κ3) is 5.52. The fourth-order valence-electron chi connectivity index (χ4n) is 5.50. The first-order valence-electron chi connectivity index (χ1n) is 13.3. The minimum atomic E-state index is -5.00. The first kappa shape index (κ1) is 30.9. The van der Waals surface area contributed by atoms with Crippen LogP contribution in [0.15, 0.2) is 29.7 Å². The van der Waals surface area contributed by atoms with Crippen molar-refractivity contribution in [3.05, 3.63) is 41.1 Å². The predicted molar refractivity (Wildman–Crippen MR) is 153 cm³/mol. The predicted octanol–water partition coefficient (Wildman–Crippen LogP) is -0.894. The zero-order chi connectivity index (χ0) is 31.8. The van der Waals surface area contributed by atoms with E-state index in [1.807, 2.05) is 0 Å². The van der Waals surface area contributed by atoms with Crippen molar-refractivity contribution < 1.29 is 52.1 Å². The number of aromatic nitrogens is 7. The maximum absolute atomic E-state index is 13.2. The average molecular weight is 689 g/mol. The van der Waals surface area contributed by atoms with Gasteiger partial charge < -0.3 is 49.3 Å². The molecule has 4 unspecified atom stereocenters. The Morgan fingerprint density at radius 2 is 1.67 bits per heavy atom. The third-order valence-electron chi connectivity index (χ3n) is 7.57. The van der Waals surface area contributed by atoms with E-state index in [0.717, 1.165) is 0 Å². The lowest BCUT2D eigenvalue weighted by Crippen LogP contribution is -2.38. The molecule has 7 N–H and O–H groups in total. The van der Waals surface area contributed by atoms with E-state index in [9.17, 15) is 29.4 Å². The van der Waals surface area contributed by atoms with Gasteiger partial charge in [-0.1, -0.05) is 0 Å². The van der Waals surface area contributed by atoms with Gasteiger partial charge in [-0.05, 0) is 24.8 Å². The van der Waals surface area contributed by atoms with E-state index in [0.29, 0.717) is 5.82 Å². The molecule has 0 aromatic carbocycles. The van der Waals surface area contributed by atoms with Crippen molar-refractivity contribution in [3.8, 4) is 0 Å². The van der Waals surface area contributed by atoms with E-state index in [4.69, 9.17) is 45.1 Å². The number of phosphoric acid groups is 1. The number of nitrogens with one attached hydrogen (secondary N) is 1. The summed E-state index contributed by atoms with van der Waals surface area (Å²) >= 11 is 5.24. The van der Waals surface area contributed by atoms with Gasteiger partial charge in [0, 0.05) is 6.20 Å². The number of aliphatic hydroxyl groups excluding tert-OH is 2. The second-order valence-electron chi connectivity index (χ2n) is 10.5. The van der Waals surface area contributed by atoms with Gasteiger partial charge in [-0.2, -0.15) is 0 Å². The van der Waals surface area contributed by atoms with Gasteiger partial charge in [0.25, 0.3) is 5.56 Å². The maximum atomic E-state index is 13.2. The number of H-pyrrole nitrogens is 1. The normalized spacial score (nSPS) is 37.7. The minimum Gasteiger partial charge on any atom is -0.387 e. The van der Waals surface area contributed by atoms with Crippen LogP contribution in [0.1, 0.15) is 18.3 Å². The lowest BCUT2D eigenvalue weighted by atomic mass is 10.1. The highest BCUT2D eigenvalue weighted by Crippen LogP contribution is 2.54. The topological polar surface area (TPSA) is 274 Å². The van der Waals surface area contributed by atoms with Gasteiger partial charge in [0.2, 0.25) is 0 Å². The van der Waals surface area contributed by atoms with Crippen LogP contribution >= 0.6 is 14.5 Å². The van der Waals surface area contributed by atoms with Crippen molar-refractivity contribution in [2.45, 2.75) is 56.0 Å². The van der Waals surface area contributed by atoms with Crippen LogP contribution in [0.3, 0.4) is 0 Å². The number of hydrogen-bond donors (Lipinski definition) is 6. The summed E-state index contributed by atoms with van der Waals surface area (Å²) in [6.45, 7) is -3.94. The monoisotopic (exact) mass is 688 g/mol. The van der Waals surface area contributed by atoms with E-state index in [1.54, 1.807) is 6.92 Å². The van der Waals surface area contributed by atoms with Gasteiger partial charge in [0.15, 0.2) is 23.9 Å². The SMILES string of the molecule is Cc1nc2c(ccn2[C@@H]2O[C@@H]3COP(=O)(O)OC4[C@@H](O)[C@@H](COP(O)(=S)O[C@H]2C3O)O[C@H]4n2cnc3c(N)ncnc32)c(=O)[nH]1. The molecule has 4 aromatic heterocycles. The number of fused-ring (bicyclic) bond motifs is 6. The molecule has 7 heterocycles. The number of ether oxygens (including phenoxy) is 2. The van der Waals surface area contributed by atoms with Crippen molar-refractivity contribution >= 4 is 54.4 Å². The molecule has 45 heavy (non-hydrogen) atoms. The van der Waals surface area contributed by atoms with Crippen molar-refractivity contribution in [3.63, 3.8) is 0 Å². The highest BCUT2D eigenvalue weighted by molar-refractivity contribution is 8.07. The summed E-state index contributed by atoms with van der Waals surface area (Å²) in [7, 11) is -5.00. The molecule has 3 aliphatic rings. The molecule has 0 saturated carbocycles. The third-order valence-corrected chi connectivity index (χ3v) is 10.1. The van der Waals surface area contributed by atoms with E-state index in [-0.39, 0.29) is 28.0 Å². The molecular formula is C22H26N8O12P2S. The number of aryl methyl sites for hydroxylation is 1. The average Bonchev–Trinajstić information content (AvgIpc) is 3.72. The largest absolute Gasteiger partial charge is 0.472 e. The Labute approximate surface area is 256 Å². The molecule has 23 heteroatoms. The summed E-state index contributed by atoms with van der Waals surface area (Å²) in [6, 6.07) is 1.47. The summed E-state index contributed by atoms with van der Waals surface area (Å²) in [6.07, 6.45) is -7.54. The molecule has 3 aliphatic heterocycles. The zero-order valence-corrected chi connectivity index (χ0v) is 25.6. The molecule has 4 bridgehead atoms. The van der Waals surface area contributed by atoms with Crippen LogP contribution in [-0.2, 0) is 43.9 Å². The number of imidazole rings is 1. The summed E-state index contributed by atoms with van der Waals surface area (Å²) in [5.74, 6) is 0.349. The molecule has 0 spiro atoms. The van der Waals surface area contributed by atoms with Gasteiger partial charge >= 0.3 is 14.5 Å². The van der Waals surface area contributed by atoms with E-state index in [1.165, 1.54) is 34.1 Å². The summed E-state index contributed by atoms with van der Waals surface area (Å²) in [5.41, 5.74) is 5.99. The molecule has 4 aromatic rings. The highest BCUT2D eigenvalue weighted by Gasteiger charge is 2.53. The van der Waals surface area contributed by atoms with Crippen molar-refractivity contribution in [1.82, 2.24) is 34.1 Å². The Bertz CT molecular complexity index is 1940. The number of nitrogens with two attached hydrogens (primary N) is 1. The molecule has 0 radical (unpaired) electrons. The quantitative estimate of drug-likeness (QED) is 0.139. The molecule has 242 valence electrons. The van der Waals surface area contributed by atoms with Gasteiger partial charge in [-0.25, -0.2) is 24.5 Å². The molecule has 3 saturated heterocycles. The molecule has 0 aliphatic carbocycles. The molecule has 0 amide bonds. The number of phosphoric ester groups is 1. The van der Waals surface area contributed by atoms with Crippen molar-refractivity contribution in [2.75, 3.05) is 18.9 Å². The standard InChI is InChI=1S/C22H26N8O12P2S/c1-8-27-18-9(20(33)28-8)2-3-29(18)21-16-14(32)10(39-21)4-37-43(34,35)41-15-13(31)11(5-38-44(36,45)42-16)40-22(15)30-7-26-12-17(23)24-6-25-19(12)30/h2-3,6-7,10-11,13-16,21-22,31-32H,4-5H2,1H3,(H,34,35)(H,36,45)(H2,23,24,25)(H,27,28,33)/t10-,11-,13+,14?,15?,16+,21-,22-,44?/m1/s1. The van der Waals surface area contributed by atoms with Crippen molar-refractivity contribution in [2.24, 2.45) is 0 Å². The fourth-order valence-corrected chi connectivity index (χ4v) is 7.85. The maximum Gasteiger partial charge on any atom is 0.472 e. The smallest absolute Gasteiger partial charge is 0.387 e. The Morgan fingerprint density at radius 1 is 1.00 bits per heavy atom. The van der Waals surface area contributed by atoms with Crippen LogP contribution in [0.5, 0.6) is 0 Å². The fraction of sp³-hybridized carbons (Fsp3) is 0.500. The Hall–Kier alpha value is -2.75. The number of nitrogen functional groups attached to an aromatic ring is 1. The number of anilines is 1. The Morgan fingerprint density at radius 3 is 2.40 bits per heavy atom. The first-order valence-corrected chi connectivity index (χ1v) is 17.4. The number of aromatic amines is 1. The van der Waals surface area contributed by atoms with Crippen LogP contribution in [0.25, 0.3) is 22.2 Å². The molecule has 20 nitrogen and oxygen atoms in total. The van der Waals surface area contributed by atoms with Gasteiger partial charge in [-0.3, -0.25) is 22.9 Å². The summed E-state index contributed by atoms with van der Waals surface area (Å²) in [5, 5.41) is 22.5. The minimum absolute atomic E-state index is 0.0554. The van der Waals surface area contributed by atoms with Gasteiger partial charge in [-0.15, -0.1) is 0 Å². The Kier molecular flexibility index (Phi) is 7.68. The van der Waals surface area contributed by atoms with Gasteiger partial charge in [0.1, 0.15) is 59.9 Å². The molecule has 3 fully saturated rings. The second-order valence-corrected chi connectivity index (χ2v) is 14.7. The number of hydrogen-bond acceptors (Lipinski definition) is 16. The molecular weight excluding hydrogens is 662 g/mol. The van der Waals surface area contributed by atoms with Crippen LogP contribution in [0.4, 0.5) is 5.82 Å². The van der Waals surface area contributed by atoms with E-state index in [2.05, 4.69) is 24.9 Å². The number of nitrogens with zero attached hydrogens (tertiary/aromatic N) is 6. The number of rotatable bonds is 2. The second kappa shape index (κ2) is 11.2. The zero-order valence-electron chi connectivity index (χ0n) is 23.0. The lowest BCUT2D eigenvalue weighted by molar-refractivity contribution is -0.0648. The molecule has 10 atom stereocenters. The highest BCUT2D eigenvalue weighted by atomic mass is 32.5. The van der Waals surface area contributed by atoms with Crippen molar-refractivity contribution in [1.29, 1.82) is 0 Å². The van der Waals surface area contributed by atoms with Gasteiger partial charge in [0.05, 0.1) is 24.9 Å².